The smallest absolute Gasteiger partial charge is 0.323 e. The van der Waals surface area contributed by atoms with E-state index in [1.165, 1.54) is 0 Å². The zero-order chi connectivity index (χ0) is 19.7. The van der Waals surface area contributed by atoms with Gasteiger partial charge < -0.3 is 9.42 Å². The summed E-state index contributed by atoms with van der Waals surface area (Å²) in [5, 5.41) is 11.5. The average molecular weight is 380 g/mol. The molecule has 2 aromatic heterocycles. The number of benzene rings is 1. The number of urea groups is 1. The quantitative estimate of drug-likeness (QED) is 0.743. The molecule has 1 saturated heterocycles. The Labute approximate surface area is 163 Å². The minimum Gasteiger partial charge on any atom is -0.337 e. The van der Waals surface area contributed by atoms with Crippen LogP contribution in [0.3, 0.4) is 0 Å². The summed E-state index contributed by atoms with van der Waals surface area (Å²) in [5.74, 6) is 1.81. The third-order valence-corrected chi connectivity index (χ3v) is 5.01. The monoisotopic (exact) mass is 380 g/mol. The summed E-state index contributed by atoms with van der Waals surface area (Å²) >= 11 is 0. The van der Waals surface area contributed by atoms with Crippen molar-refractivity contribution in [1.29, 1.82) is 0 Å². The highest BCUT2D eigenvalue weighted by atomic mass is 16.5. The lowest BCUT2D eigenvalue weighted by molar-refractivity contribution is 0.193. The number of carbonyl (C=O) groups excluding carboxylic acids is 1. The van der Waals surface area contributed by atoms with E-state index in [1.807, 2.05) is 51.1 Å². The van der Waals surface area contributed by atoms with Crippen LogP contribution >= 0.6 is 0 Å². The van der Waals surface area contributed by atoms with Crippen LogP contribution in [0.15, 0.2) is 34.9 Å². The Bertz CT molecular complexity index is 992. The second-order valence-electron chi connectivity index (χ2n) is 7.05. The van der Waals surface area contributed by atoms with Crippen molar-refractivity contribution in [1.82, 2.24) is 24.8 Å². The zero-order valence-electron chi connectivity index (χ0n) is 16.3. The standard InChI is InChI=1S/C20H24N6O2/c1-4-17-21-19(28-24-17)16-10-7-11-25(16)20(27)22-18-12-14(3)23-26(18)15-9-6-5-8-13(15)2/h5-6,8-9,12,16H,4,7,10-11H2,1-3H3,(H,22,27)/t16-/m0/s1. The summed E-state index contributed by atoms with van der Waals surface area (Å²) in [6.07, 6.45) is 2.42. The molecular weight excluding hydrogens is 356 g/mol. The SMILES string of the molecule is CCc1noc([C@@H]2CCCN2C(=O)Nc2cc(C)nn2-c2ccccc2C)n1. The van der Waals surface area contributed by atoms with Crippen molar-refractivity contribution in [2.24, 2.45) is 0 Å². The molecule has 0 radical (unpaired) electrons. The lowest BCUT2D eigenvalue weighted by Gasteiger charge is -2.22. The summed E-state index contributed by atoms with van der Waals surface area (Å²) in [6.45, 7) is 6.56. The zero-order valence-corrected chi connectivity index (χ0v) is 16.3. The molecule has 8 heteroatoms. The minimum atomic E-state index is -0.191. The minimum absolute atomic E-state index is 0.187. The van der Waals surface area contributed by atoms with E-state index < -0.39 is 0 Å². The maximum Gasteiger partial charge on any atom is 0.323 e. The molecule has 0 saturated carbocycles. The van der Waals surface area contributed by atoms with E-state index >= 15 is 0 Å². The van der Waals surface area contributed by atoms with E-state index in [9.17, 15) is 4.79 Å². The van der Waals surface area contributed by atoms with E-state index in [2.05, 4.69) is 20.6 Å². The predicted octanol–water partition coefficient (Wildman–Crippen LogP) is 3.80. The third kappa shape index (κ3) is 3.37. The van der Waals surface area contributed by atoms with Crippen molar-refractivity contribution < 1.29 is 9.32 Å². The first-order chi connectivity index (χ1) is 13.6. The number of amides is 2. The van der Waals surface area contributed by atoms with Crippen LogP contribution in [0.1, 0.15) is 48.8 Å². The molecule has 1 aliphatic heterocycles. The van der Waals surface area contributed by atoms with Gasteiger partial charge in [0.15, 0.2) is 5.82 Å². The number of nitrogens with zero attached hydrogens (tertiary/aromatic N) is 5. The van der Waals surface area contributed by atoms with Crippen molar-refractivity contribution in [3.8, 4) is 5.69 Å². The highest BCUT2D eigenvalue weighted by Crippen LogP contribution is 2.32. The van der Waals surface area contributed by atoms with Gasteiger partial charge in [0.05, 0.1) is 11.4 Å². The fraction of sp³-hybridized carbons (Fsp3) is 0.400. The van der Waals surface area contributed by atoms with Crippen LogP contribution in [-0.4, -0.2) is 37.4 Å². The van der Waals surface area contributed by atoms with E-state index in [0.29, 0.717) is 30.5 Å². The molecule has 1 aromatic carbocycles. The second-order valence-corrected chi connectivity index (χ2v) is 7.05. The molecule has 28 heavy (non-hydrogen) atoms. The van der Waals surface area contributed by atoms with Crippen LogP contribution in [0.25, 0.3) is 5.69 Å². The van der Waals surface area contributed by atoms with Gasteiger partial charge >= 0.3 is 6.03 Å². The van der Waals surface area contributed by atoms with Crippen molar-refractivity contribution in [3.05, 3.63) is 53.3 Å². The van der Waals surface area contributed by atoms with Crippen molar-refractivity contribution in [2.45, 2.75) is 46.1 Å². The van der Waals surface area contributed by atoms with Crippen molar-refractivity contribution in [3.63, 3.8) is 0 Å². The molecule has 4 rings (SSSR count). The van der Waals surface area contributed by atoms with Crippen LogP contribution in [0.2, 0.25) is 0 Å². The number of hydrogen-bond donors (Lipinski definition) is 1. The highest BCUT2D eigenvalue weighted by Gasteiger charge is 2.34. The Morgan fingerprint density at radius 3 is 2.89 bits per heavy atom. The first kappa shape index (κ1) is 18.2. The molecule has 1 fully saturated rings. The topological polar surface area (TPSA) is 89.1 Å². The normalized spacial score (nSPS) is 16.5. The van der Waals surface area contributed by atoms with Gasteiger partial charge in [-0.2, -0.15) is 10.1 Å². The number of nitrogens with one attached hydrogen (secondary N) is 1. The molecule has 146 valence electrons. The molecule has 0 spiro atoms. The molecule has 2 amide bonds. The molecule has 1 N–H and O–H groups in total. The maximum atomic E-state index is 13.0. The molecule has 0 bridgehead atoms. The van der Waals surface area contributed by atoms with Gasteiger partial charge in [-0.15, -0.1) is 0 Å². The molecule has 0 aliphatic carbocycles. The number of aryl methyl sites for hydroxylation is 3. The van der Waals surface area contributed by atoms with E-state index in [0.717, 1.165) is 29.8 Å². The van der Waals surface area contributed by atoms with Gasteiger partial charge in [0, 0.05) is 19.0 Å². The van der Waals surface area contributed by atoms with Crippen LogP contribution in [0.5, 0.6) is 0 Å². The predicted molar refractivity (Wildman–Crippen MR) is 104 cm³/mol. The maximum absolute atomic E-state index is 13.0. The van der Waals surface area contributed by atoms with E-state index in [1.54, 1.807) is 9.58 Å². The van der Waals surface area contributed by atoms with Crippen LogP contribution in [0, 0.1) is 13.8 Å². The second kappa shape index (κ2) is 7.46. The molecule has 8 nitrogen and oxygen atoms in total. The molecular formula is C20H24N6O2. The first-order valence-electron chi connectivity index (χ1n) is 9.59. The Hall–Kier alpha value is -3.16. The fourth-order valence-corrected chi connectivity index (χ4v) is 3.57. The summed E-state index contributed by atoms with van der Waals surface area (Å²) in [7, 11) is 0. The van der Waals surface area contributed by atoms with E-state index in [-0.39, 0.29) is 12.1 Å². The molecule has 1 aliphatic rings. The molecule has 3 aromatic rings. The molecule has 3 heterocycles. The van der Waals surface area contributed by atoms with Gasteiger partial charge in [-0.1, -0.05) is 30.3 Å². The average Bonchev–Trinajstić information content (AvgIpc) is 3.41. The Morgan fingerprint density at radius 1 is 1.32 bits per heavy atom. The van der Waals surface area contributed by atoms with Gasteiger partial charge in [0.25, 0.3) is 0 Å². The molecule has 1 atom stereocenters. The third-order valence-electron chi connectivity index (χ3n) is 5.01. The summed E-state index contributed by atoms with van der Waals surface area (Å²) in [4.78, 5) is 19.2. The largest absolute Gasteiger partial charge is 0.337 e. The number of carbonyl (C=O) groups is 1. The number of aromatic nitrogens is 4. The highest BCUT2D eigenvalue weighted by molar-refractivity contribution is 5.89. The lowest BCUT2D eigenvalue weighted by Crippen LogP contribution is -2.35. The summed E-state index contributed by atoms with van der Waals surface area (Å²) < 4.78 is 7.16. The number of likely N-dealkylation sites (tertiary alicyclic amines) is 1. The Balaban J connectivity index is 1.58. The van der Waals surface area contributed by atoms with Crippen molar-refractivity contribution >= 4 is 11.8 Å². The van der Waals surface area contributed by atoms with Gasteiger partial charge in [0.2, 0.25) is 5.89 Å². The number of anilines is 1. The van der Waals surface area contributed by atoms with Gasteiger partial charge in [-0.05, 0) is 38.3 Å². The molecule has 0 unspecified atom stereocenters. The van der Waals surface area contributed by atoms with Crippen molar-refractivity contribution in [2.75, 3.05) is 11.9 Å². The van der Waals surface area contributed by atoms with Gasteiger partial charge in [-0.3, -0.25) is 5.32 Å². The number of rotatable bonds is 4. The van der Waals surface area contributed by atoms with Gasteiger partial charge in [-0.25, -0.2) is 9.48 Å². The fourth-order valence-electron chi connectivity index (χ4n) is 3.57. The number of hydrogen-bond acceptors (Lipinski definition) is 5. The van der Waals surface area contributed by atoms with Crippen LogP contribution < -0.4 is 5.32 Å². The Morgan fingerprint density at radius 2 is 2.14 bits per heavy atom. The van der Waals surface area contributed by atoms with E-state index in [4.69, 9.17) is 4.52 Å². The Kier molecular flexibility index (Phi) is 4.85. The first-order valence-corrected chi connectivity index (χ1v) is 9.59. The van der Waals surface area contributed by atoms with Crippen LogP contribution in [-0.2, 0) is 6.42 Å². The van der Waals surface area contributed by atoms with Gasteiger partial charge in [0.1, 0.15) is 11.9 Å². The van der Waals surface area contributed by atoms with Crippen LogP contribution in [0.4, 0.5) is 10.6 Å². The lowest BCUT2D eigenvalue weighted by atomic mass is 10.2. The summed E-state index contributed by atoms with van der Waals surface area (Å²) in [5.41, 5.74) is 2.85. The summed E-state index contributed by atoms with van der Waals surface area (Å²) in [6, 6.07) is 9.45. The number of para-hydroxylation sites is 1.